The minimum Gasteiger partial charge on any atom is -0.423 e. The Morgan fingerprint density at radius 3 is 0.918 bits per heavy atom. The summed E-state index contributed by atoms with van der Waals surface area (Å²) >= 11 is 22.2. The number of hydrogen-bond donors (Lipinski definition) is 10. The summed E-state index contributed by atoms with van der Waals surface area (Å²) in [6.07, 6.45) is 8.09. The lowest BCUT2D eigenvalue weighted by Gasteiger charge is -2.13. The number of aryl methyl sites for hydroxylation is 5. The van der Waals surface area contributed by atoms with Crippen molar-refractivity contribution in [3.63, 3.8) is 0 Å². The van der Waals surface area contributed by atoms with Gasteiger partial charge in [0, 0.05) is 147 Å². The molecule has 46 nitrogen and oxygen atoms in total. The molecule has 0 saturated heterocycles. The molecule has 0 saturated carbocycles. The number of nitrogens with two attached hydrogens (primary N) is 3. The van der Waals surface area contributed by atoms with Gasteiger partial charge in [-0.2, -0.15) is 0 Å². The molecule has 0 bridgehead atoms. The van der Waals surface area contributed by atoms with Crippen molar-refractivity contribution in [3.05, 3.63) is 347 Å². The average molecular weight is 2220 g/mol. The first kappa shape index (κ1) is 125. The van der Waals surface area contributed by atoms with Crippen LogP contribution in [0.4, 0.5) is 85.4 Å². The summed E-state index contributed by atoms with van der Waals surface area (Å²) in [6.45, 7) is 18.0. The van der Waals surface area contributed by atoms with Crippen molar-refractivity contribution >= 4 is 204 Å². The van der Waals surface area contributed by atoms with Gasteiger partial charge in [-0.05, 0) is 136 Å². The summed E-state index contributed by atoms with van der Waals surface area (Å²) in [4.78, 5) is 91.3. The molecule has 147 heavy (non-hydrogen) atoms. The van der Waals surface area contributed by atoms with Gasteiger partial charge in [0.25, 0.3) is 34.1 Å². The van der Waals surface area contributed by atoms with Crippen molar-refractivity contribution in [2.75, 3.05) is 70.2 Å². The Kier molecular flexibility index (Phi) is 51.6. The molecule has 4 heterocycles. The number of aromatic nitrogens is 8. The Morgan fingerprint density at radius 2 is 0.605 bits per heavy atom. The number of rotatable bonds is 30. The Labute approximate surface area is 871 Å². The molecule has 57 heteroatoms. The predicted molar refractivity (Wildman–Crippen MR) is 574 cm³/mol. The molecule has 0 fully saturated rings. The highest BCUT2D eigenvalue weighted by Gasteiger charge is 2.21. The van der Waals surface area contributed by atoms with Crippen molar-refractivity contribution in [2.45, 2.75) is 101 Å². The van der Waals surface area contributed by atoms with E-state index in [0.29, 0.717) is 138 Å². The second kappa shape index (κ2) is 60.9. The lowest BCUT2D eigenvalue weighted by molar-refractivity contribution is -0.385. The molecular weight excluding hydrogens is 2120 g/mol. The number of benzene rings is 9. The SMILES string of the molecule is CCCS(=O)(=O)Cl.CCCS(=O)(=O)Nc1cc(N)ccc1C.CCCS(=O)(=O)Nc1cc(N)ccc1C.CCCS(=O)(=O)Nc1cc(Nc2cc(-c3cccc([N+](=O)[O-])c3)ncn2)ccc1C.CCCS(=O)(=O)Nc1cc([N+](=O)[O-])ccc1C.Cc1ccc([N+](=O)[O-])cc1N.Clc1cc(Cl)ncn1.O=[N+]([O-])c1cccc(-c2cc(Cl)ncn2)c1.O=[N+]([O-])c1cccc(-c2cc(Cl)ncn2)c1.O=[N+]([O-])c1cccc(B(O)O)c1. The number of non-ortho nitro benzene ring substituents is 6. The lowest BCUT2D eigenvalue weighted by Crippen LogP contribution is -2.29. The maximum atomic E-state index is 12.1. The van der Waals surface area contributed by atoms with Crippen molar-refractivity contribution in [1.29, 1.82) is 0 Å². The topological polar surface area (TPSA) is 711 Å². The molecule has 13 rings (SSSR count). The van der Waals surface area contributed by atoms with Crippen LogP contribution in [0.15, 0.2) is 238 Å². The summed E-state index contributed by atoms with van der Waals surface area (Å²) < 4.78 is 123. The van der Waals surface area contributed by atoms with Gasteiger partial charge in [0.05, 0.1) is 98.1 Å². The lowest BCUT2D eigenvalue weighted by atomic mass is 9.80. The summed E-state index contributed by atoms with van der Waals surface area (Å²) in [5.41, 5.74) is 28.1. The van der Waals surface area contributed by atoms with E-state index in [-0.39, 0.29) is 74.0 Å². The number of anilines is 9. The fourth-order valence-corrected chi connectivity index (χ4v) is 17.6. The van der Waals surface area contributed by atoms with E-state index in [1.807, 2.05) is 40.7 Å². The van der Waals surface area contributed by atoms with Gasteiger partial charge in [0.15, 0.2) is 0 Å². The van der Waals surface area contributed by atoms with Crippen LogP contribution in [-0.2, 0) is 49.1 Å². The van der Waals surface area contributed by atoms with Crippen LogP contribution in [0.25, 0.3) is 33.8 Å². The van der Waals surface area contributed by atoms with E-state index >= 15 is 0 Å². The molecule has 4 aromatic heterocycles. The molecule has 0 radical (unpaired) electrons. The Morgan fingerprint density at radius 1 is 0.320 bits per heavy atom. The van der Waals surface area contributed by atoms with Gasteiger partial charge in [0.2, 0.25) is 49.1 Å². The maximum absolute atomic E-state index is 12.1. The van der Waals surface area contributed by atoms with Crippen LogP contribution in [0.5, 0.6) is 0 Å². The third-order valence-electron chi connectivity index (χ3n) is 18.3. The number of nitrogens with zero attached hydrogens (tertiary/aromatic N) is 14. The van der Waals surface area contributed by atoms with Gasteiger partial charge in [-0.15, -0.1) is 0 Å². The van der Waals surface area contributed by atoms with Gasteiger partial charge in [-0.25, -0.2) is 82.0 Å². The zero-order valence-electron chi connectivity index (χ0n) is 80.0. The van der Waals surface area contributed by atoms with Crippen LogP contribution >= 0.6 is 57.1 Å². The number of nitro groups is 6. The second-order valence-corrected chi connectivity index (χ2v) is 42.1. The average Bonchev–Trinajstić information content (AvgIpc) is 0.818. The first-order valence-electron chi connectivity index (χ1n) is 43.0. The zero-order valence-corrected chi connectivity index (χ0v) is 87.8. The molecule has 0 atom stereocenters. The number of hydrogen-bond acceptors (Lipinski definition) is 36. The standard InChI is InChI=1S/C20H21N5O4S.2C10H6ClN3O2.C10H14N2O4S.2C10H16N2O2S.C7H8N2O2.C6H6BNO4.C4H2Cl2N2.C3H7ClO2S/c1-3-9-30(28,29)24-18-11-16(8-7-14(18)2)23-20-12-19(21-13-22-20)15-5-4-6-17(10-15)25(26)27;2*11-10-5-9(12-6-13-10)7-2-1-3-8(4-7)14(15)16;1-3-6-17(15,16)11-10-7-9(12(13)14)5-4-8(10)2;2*1-3-6-15(13,14)12-10-7-9(11)5-4-8(10)2;1-5-2-3-6(9(10)11)4-7(5)8;9-7(10)5-2-1-3-6(4-5)8(11)12;5-3-1-4(6)8-2-7-3;1-2-3-7(4,5)6/h4-8,10-13,24H,3,9H2,1-2H3,(H,21,22,23);2*1-6H;4-5,7,11H,3,6H2,1-2H3;2*4-5,7,12H,3,6,11H2,1-2H3;2-4H,8H2,1H3;1-4,9-10H;1-2H;2-3H2,1H3. The molecule has 0 amide bonds. The van der Waals surface area contributed by atoms with Crippen LogP contribution < -0.4 is 46.9 Å². The van der Waals surface area contributed by atoms with Gasteiger partial charge in [0.1, 0.15) is 51.7 Å². The minimum absolute atomic E-state index is 0.00483. The fourth-order valence-electron chi connectivity index (χ4n) is 11.2. The van der Waals surface area contributed by atoms with E-state index in [0.717, 1.165) is 28.3 Å². The van der Waals surface area contributed by atoms with Crippen molar-refractivity contribution < 1.29 is 81.7 Å². The Bertz CT molecular complexity index is 7120. The zero-order chi connectivity index (χ0) is 110. The van der Waals surface area contributed by atoms with Crippen molar-refractivity contribution in [2.24, 2.45) is 0 Å². The molecule has 13 N–H and O–H groups in total. The summed E-state index contributed by atoms with van der Waals surface area (Å²) in [5, 5.41) is 85.0. The second-order valence-electron chi connectivity index (χ2n) is 30.3. The molecule has 784 valence electrons. The molecule has 13 aromatic rings. The van der Waals surface area contributed by atoms with Gasteiger partial charge in [-0.3, -0.25) is 79.6 Å². The van der Waals surface area contributed by atoms with Crippen LogP contribution in [0.2, 0.25) is 20.6 Å². The highest BCUT2D eigenvalue weighted by atomic mass is 35.7. The number of halogens is 5. The fraction of sp³-hybridized carbons (Fsp3) is 0.222. The monoisotopic (exact) mass is 2220 g/mol. The van der Waals surface area contributed by atoms with Crippen LogP contribution in [0.3, 0.4) is 0 Å². The van der Waals surface area contributed by atoms with Crippen LogP contribution in [0.1, 0.15) is 94.5 Å². The van der Waals surface area contributed by atoms with Crippen molar-refractivity contribution in [1.82, 2.24) is 39.9 Å². The van der Waals surface area contributed by atoms with Crippen LogP contribution in [-0.4, -0.2) is 157 Å². The van der Waals surface area contributed by atoms with E-state index in [4.69, 9.17) is 84.3 Å². The highest BCUT2D eigenvalue weighted by molar-refractivity contribution is 8.13. The van der Waals surface area contributed by atoms with E-state index in [1.54, 1.807) is 144 Å². The largest absolute Gasteiger partial charge is 0.488 e. The third kappa shape index (κ3) is 47.8. The third-order valence-corrected chi connectivity index (χ3v) is 26.4. The number of nitrogens with one attached hydrogen (secondary N) is 5. The Balaban J connectivity index is 0.000000348. The molecule has 0 aliphatic heterocycles. The number of nitro benzene ring substituents is 6. The van der Waals surface area contributed by atoms with E-state index in [2.05, 4.69) is 64.1 Å². The van der Waals surface area contributed by atoms with Gasteiger partial charge < -0.3 is 32.6 Å². The van der Waals surface area contributed by atoms with Crippen LogP contribution in [0, 0.1) is 95.3 Å². The molecule has 0 spiro atoms. The molecule has 0 aliphatic rings. The molecule has 0 aliphatic carbocycles. The number of nitrogen functional groups attached to an aromatic ring is 3. The molecular formula is C90H102BCl5N22O24S5. The molecule has 0 unspecified atom stereocenters. The smallest absolute Gasteiger partial charge is 0.423 e. The maximum Gasteiger partial charge on any atom is 0.488 e. The van der Waals surface area contributed by atoms with E-state index < -0.39 is 85.8 Å². The number of sulfonamides is 4. The van der Waals surface area contributed by atoms with Gasteiger partial charge >= 0.3 is 7.12 Å². The summed E-state index contributed by atoms with van der Waals surface area (Å²) in [6, 6.07) is 54.1. The first-order valence-corrected chi connectivity index (χ1v) is 53.6. The quantitative estimate of drug-likeness (QED) is 0.00499. The highest BCUT2D eigenvalue weighted by Crippen LogP contribution is 2.32. The summed E-state index contributed by atoms with van der Waals surface area (Å²) in [7, 11) is -13.3. The van der Waals surface area contributed by atoms with Crippen molar-refractivity contribution in [3.8, 4) is 33.8 Å². The summed E-state index contributed by atoms with van der Waals surface area (Å²) in [5.74, 6) is 0.840. The van der Waals surface area contributed by atoms with Gasteiger partial charge in [-0.1, -0.05) is 160 Å². The minimum atomic E-state index is -3.42. The molecule has 9 aromatic carbocycles. The van der Waals surface area contributed by atoms with E-state index in [1.165, 1.54) is 116 Å². The Hall–Kier alpha value is -14.7. The predicted octanol–water partition coefficient (Wildman–Crippen LogP) is 18.7. The normalized spacial score (nSPS) is 10.6. The first-order chi connectivity index (χ1) is 68.9. The van der Waals surface area contributed by atoms with E-state index in [9.17, 15) is 103 Å².